The summed E-state index contributed by atoms with van der Waals surface area (Å²) in [6.07, 6.45) is 8.55. The number of ether oxygens (including phenoxy) is 1. The molecule has 1 saturated carbocycles. The lowest BCUT2D eigenvalue weighted by molar-refractivity contribution is 0.0518. The molecule has 0 saturated heterocycles. The van der Waals surface area contributed by atoms with Crippen LogP contribution in [0.15, 0.2) is 12.4 Å². The van der Waals surface area contributed by atoms with Crippen molar-refractivity contribution in [2.75, 3.05) is 6.54 Å². The van der Waals surface area contributed by atoms with Crippen LogP contribution < -0.4 is 10.6 Å². The summed E-state index contributed by atoms with van der Waals surface area (Å²) in [5, 5.41) is 10.7. The number of hydrogen-bond donors (Lipinski definition) is 2. The molecule has 0 aliphatic heterocycles. The molecular weight excluding hydrogens is 292 g/mol. The van der Waals surface area contributed by atoms with Crippen LogP contribution in [0.1, 0.15) is 52.0 Å². The average molecular weight is 322 g/mol. The number of nitrogens with zero attached hydrogens (tertiary/aromatic N) is 2. The lowest BCUT2D eigenvalue weighted by Gasteiger charge is -2.26. The third-order valence-corrected chi connectivity index (χ3v) is 4.16. The van der Waals surface area contributed by atoms with E-state index in [1.165, 1.54) is 25.7 Å². The molecular formula is C17H30N4O2. The first-order valence-electron chi connectivity index (χ1n) is 8.51. The van der Waals surface area contributed by atoms with Crippen LogP contribution in [0.4, 0.5) is 4.79 Å². The van der Waals surface area contributed by atoms with Crippen molar-refractivity contribution in [3.63, 3.8) is 0 Å². The highest BCUT2D eigenvalue weighted by Crippen LogP contribution is 2.27. The Bertz CT molecular complexity index is 501. The lowest BCUT2D eigenvalue weighted by atomic mass is 9.98. The van der Waals surface area contributed by atoms with Gasteiger partial charge in [0.05, 0.1) is 6.20 Å². The zero-order valence-corrected chi connectivity index (χ0v) is 14.8. The maximum atomic E-state index is 11.9. The maximum Gasteiger partial charge on any atom is 0.407 e. The van der Waals surface area contributed by atoms with E-state index in [4.69, 9.17) is 4.74 Å². The van der Waals surface area contributed by atoms with Crippen molar-refractivity contribution in [2.24, 2.45) is 13.0 Å². The van der Waals surface area contributed by atoms with Gasteiger partial charge < -0.3 is 15.4 Å². The summed E-state index contributed by atoms with van der Waals surface area (Å²) in [7, 11) is 1.92. The van der Waals surface area contributed by atoms with Gasteiger partial charge in [-0.25, -0.2) is 4.79 Å². The standard InChI is InChI=1S/C17H30N4O2/c1-17(2,3)23-16(22)19-11-15(14-7-5-6-8-14)18-9-13-10-20-21(4)12-13/h10,12,14-15,18H,5-9,11H2,1-4H3,(H,19,22). The van der Waals surface area contributed by atoms with Gasteiger partial charge in [0.1, 0.15) is 5.60 Å². The Hall–Kier alpha value is -1.56. The minimum Gasteiger partial charge on any atom is -0.444 e. The fourth-order valence-corrected chi connectivity index (χ4v) is 3.08. The van der Waals surface area contributed by atoms with E-state index < -0.39 is 5.60 Å². The summed E-state index contributed by atoms with van der Waals surface area (Å²) >= 11 is 0. The van der Waals surface area contributed by atoms with E-state index in [-0.39, 0.29) is 12.1 Å². The summed E-state index contributed by atoms with van der Waals surface area (Å²) in [4.78, 5) is 11.9. The van der Waals surface area contributed by atoms with Crippen LogP contribution in [-0.4, -0.2) is 34.1 Å². The predicted molar refractivity (Wildman–Crippen MR) is 90.0 cm³/mol. The summed E-state index contributed by atoms with van der Waals surface area (Å²) in [5.41, 5.74) is 0.698. The molecule has 6 heteroatoms. The van der Waals surface area contributed by atoms with Gasteiger partial charge in [-0.15, -0.1) is 0 Å². The second kappa shape index (κ2) is 7.81. The molecule has 1 fully saturated rings. The predicted octanol–water partition coefficient (Wildman–Crippen LogP) is 2.59. The van der Waals surface area contributed by atoms with Crippen LogP contribution in [0.3, 0.4) is 0 Å². The highest BCUT2D eigenvalue weighted by molar-refractivity contribution is 5.67. The minimum atomic E-state index is -0.462. The molecule has 6 nitrogen and oxygen atoms in total. The van der Waals surface area contributed by atoms with Gasteiger partial charge in [-0.05, 0) is 39.5 Å². The normalized spacial score (nSPS) is 17.2. The van der Waals surface area contributed by atoms with Crippen LogP contribution in [0.5, 0.6) is 0 Å². The smallest absolute Gasteiger partial charge is 0.407 e. The Morgan fingerprint density at radius 1 is 1.43 bits per heavy atom. The molecule has 23 heavy (non-hydrogen) atoms. The van der Waals surface area contributed by atoms with Gasteiger partial charge in [0, 0.05) is 37.9 Å². The van der Waals surface area contributed by atoms with E-state index in [1.807, 2.05) is 40.2 Å². The van der Waals surface area contributed by atoms with E-state index in [0.717, 1.165) is 12.1 Å². The topological polar surface area (TPSA) is 68.2 Å². The van der Waals surface area contributed by atoms with Gasteiger partial charge in [-0.2, -0.15) is 5.10 Å². The Balaban J connectivity index is 1.85. The molecule has 2 N–H and O–H groups in total. The van der Waals surface area contributed by atoms with Gasteiger partial charge in [-0.1, -0.05) is 12.8 Å². The molecule has 0 spiro atoms. The third-order valence-electron chi connectivity index (χ3n) is 4.16. The van der Waals surface area contributed by atoms with Crippen LogP contribution in [0.25, 0.3) is 0 Å². The SMILES string of the molecule is Cn1cc(CNC(CNC(=O)OC(C)(C)C)C2CCCC2)cn1. The fraction of sp³-hybridized carbons (Fsp3) is 0.765. The van der Waals surface area contributed by atoms with Crippen LogP contribution in [0, 0.1) is 5.92 Å². The average Bonchev–Trinajstić information content (AvgIpc) is 3.08. The van der Waals surface area contributed by atoms with Crippen LogP contribution >= 0.6 is 0 Å². The van der Waals surface area contributed by atoms with Gasteiger partial charge in [0.2, 0.25) is 0 Å². The molecule has 0 radical (unpaired) electrons. The number of aromatic nitrogens is 2. The highest BCUT2D eigenvalue weighted by Gasteiger charge is 2.26. The summed E-state index contributed by atoms with van der Waals surface area (Å²) < 4.78 is 7.13. The molecule has 1 aliphatic carbocycles. The first-order chi connectivity index (χ1) is 10.8. The second-order valence-electron chi connectivity index (χ2n) is 7.44. The fourth-order valence-electron chi connectivity index (χ4n) is 3.08. The van der Waals surface area contributed by atoms with Gasteiger partial charge in [0.15, 0.2) is 0 Å². The first kappa shape index (κ1) is 17.8. The van der Waals surface area contributed by atoms with E-state index in [1.54, 1.807) is 4.68 Å². The molecule has 1 aliphatic rings. The van der Waals surface area contributed by atoms with Crippen molar-refractivity contribution in [1.82, 2.24) is 20.4 Å². The monoisotopic (exact) mass is 322 g/mol. The second-order valence-corrected chi connectivity index (χ2v) is 7.44. The Kier molecular flexibility index (Phi) is 6.04. The number of amides is 1. The van der Waals surface area contributed by atoms with Crippen LogP contribution in [-0.2, 0) is 18.3 Å². The Morgan fingerprint density at radius 2 is 2.13 bits per heavy atom. The number of aryl methyl sites for hydroxylation is 1. The Morgan fingerprint density at radius 3 is 2.70 bits per heavy atom. The van der Waals surface area contributed by atoms with E-state index >= 15 is 0 Å². The molecule has 1 unspecified atom stereocenters. The summed E-state index contributed by atoms with van der Waals surface area (Å²) in [5.74, 6) is 0.613. The van der Waals surface area contributed by atoms with Gasteiger partial charge in [0.25, 0.3) is 0 Å². The van der Waals surface area contributed by atoms with E-state index in [9.17, 15) is 4.79 Å². The van der Waals surface area contributed by atoms with Crippen LogP contribution in [0.2, 0.25) is 0 Å². The molecule has 1 amide bonds. The van der Waals surface area contributed by atoms with Crippen molar-refractivity contribution >= 4 is 6.09 Å². The third kappa shape index (κ3) is 6.22. The van der Waals surface area contributed by atoms with Crippen molar-refractivity contribution in [1.29, 1.82) is 0 Å². The minimum absolute atomic E-state index is 0.269. The number of nitrogens with one attached hydrogen (secondary N) is 2. The number of rotatable bonds is 6. The summed E-state index contributed by atoms with van der Waals surface area (Å²) in [6, 6.07) is 0.269. The number of alkyl carbamates (subject to hydrolysis) is 1. The molecule has 0 bridgehead atoms. The molecule has 130 valence electrons. The molecule has 1 heterocycles. The van der Waals surface area contributed by atoms with E-state index in [2.05, 4.69) is 15.7 Å². The zero-order chi connectivity index (χ0) is 16.9. The number of hydrogen-bond acceptors (Lipinski definition) is 4. The molecule has 1 aromatic rings. The Labute approximate surface area is 139 Å². The van der Waals surface area contributed by atoms with Crippen molar-refractivity contribution in [3.8, 4) is 0 Å². The van der Waals surface area contributed by atoms with Crippen molar-refractivity contribution in [2.45, 2.75) is 64.6 Å². The van der Waals surface area contributed by atoms with Gasteiger partial charge >= 0.3 is 6.09 Å². The van der Waals surface area contributed by atoms with Crippen molar-refractivity contribution in [3.05, 3.63) is 18.0 Å². The summed E-state index contributed by atoms with van der Waals surface area (Å²) in [6.45, 7) is 7.00. The first-order valence-corrected chi connectivity index (χ1v) is 8.51. The van der Waals surface area contributed by atoms with Gasteiger partial charge in [-0.3, -0.25) is 4.68 Å². The molecule has 2 rings (SSSR count). The lowest BCUT2D eigenvalue weighted by Crippen LogP contribution is -2.45. The quantitative estimate of drug-likeness (QED) is 0.845. The maximum absolute atomic E-state index is 11.9. The molecule has 1 aromatic heterocycles. The zero-order valence-electron chi connectivity index (χ0n) is 14.8. The van der Waals surface area contributed by atoms with Crippen molar-refractivity contribution < 1.29 is 9.53 Å². The molecule has 1 atom stereocenters. The number of carbonyl (C=O) groups is 1. The largest absolute Gasteiger partial charge is 0.444 e. The van der Waals surface area contributed by atoms with E-state index in [0.29, 0.717) is 12.5 Å². The molecule has 0 aromatic carbocycles. The highest BCUT2D eigenvalue weighted by atomic mass is 16.6. The number of carbonyl (C=O) groups excluding carboxylic acids is 1.